The Morgan fingerprint density at radius 1 is 1.20 bits per heavy atom. The van der Waals surface area contributed by atoms with Gasteiger partial charge in [0.15, 0.2) is 0 Å². The Labute approximate surface area is 93.8 Å². The van der Waals surface area contributed by atoms with Crippen molar-refractivity contribution in [3.05, 3.63) is 0 Å². The molecule has 0 aliphatic heterocycles. The molecular formula is C13H25NO. The van der Waals surface area contributed by atoms with Gasteiger partial charge in [-0.3, -0.25) is 0 Å². The lowest BCUT2D eigenvalue weighted by molar-refractivity contribution is 0.0152. The van der Waals surface area contributed by atoms with Crippen LogP contribution < -0.4 is 5.32 Å². The summed E-state index contributed by atoms with van der Waals surface area (Å²) < 4.78 is 5.29. The second kappa shape index (κ2) is 5.31. The summed E-state index contributed by atoms with van der Waals surface area (Å²) in [5.74, 6) is 1.87. The van der Waals surface area contributed by atoms with Gasteiger partial charge in [-0.15, -0.1) is 0 Å². The van der Waals surface area contributed by atoms with Crippen molar-refractivity contribution in [3.8, 4) is 0 Å². The zero-order valence-electron chi connectivity index (χ0n) is 10.2. The predicted octanol–water partition coefficient (Wildman–Crippen LogP) is 2.58. The van der Waals surface area contributed by atoms with Gasteiger partial charge in [0, 0.05) is 13.2 Å². The van der Waals surface area contributed by atoms with Crippen molar-refractivity contribution >= 4 is 0 Å². The zero-order chi connectivity index (χ0) is 10.7. The lowest BCUT2D eigenvalue weighted by Crippen LogP contribution is -2.47. The summed E-state index contributed by atoms with van der Waals surface area (Å²) >= 11 is 0. The maximum absolute atomic E-state index is 5.29. The van der Waals surface area contributed by atoms with Crippen molar-refractivity contribution in [2.45, 2.75) is 57.6 Å². The van der Waals surface area contributed by atoms with Crippen LogP contribution >= 0.6 is 0 Å². The summed E-state index contributed by atoms with van der Waals surface area (Å²) in [6.07, 6.45) is 8.75. The fourth-order valence-corrected chi connectivity index (χ4v) is 2.94. The standard InChI is InChI=1S/C13H25NO/c1-10-5-3-4-6-11(10)9-14-12-7-13(8-12)15-2/h10-14H,3-9H2,1-2H3. The highest BCUT2D eigenvalue weighted by atomic mass is 16.5. The van der Waals surface area contributed by atoms with Crippen molar-refractivity contribution in [2.24, 2.45) is 11.8 Å². The van der Waals surface area contributed by atoms with Gasteiger partial charge in [-0.1, -0.05) is 26.2 Å². The van der Waals surface area contributed by atoms with Gasteiger partial charge in [-0.25, -0.2) is 0 Å². The Hall–Kier alpha value is -0.0800. The van der Waals surface area contributed by atoms with E-state index in [0.29, 0.717) is 6.10 Å². The molecule has 2 aliphatic carbocycles. The third-order valence-electron chi connectivity index (χ3n) is 4.39. The van der Waals surface area contributed by atoms with Crippen molar-refractivity contribution < 1.29 is 4.74 Å². The van der Waals surface area contributed by atoms with Gasteiger partial charge in [0.05, 0.1) is 6.10 Å². The van der Waals surface area contributed by atoms with Gasteiger partial charge in [0.2, 0.25) is 0 Å². The molecule has 2 fully saturated rings. The minimum atomic E-state index is 0.534. The molecular weight excluding hydrogens is 186 g/mol. The Morgan fingerprint density at radius 2 is 1.93 bits per heavy atom. The van der Waals surface area contributed by atoms with E-state index < -0.39 is 0 Å². The molecule has 0 aromatic carbocycles. The van der Waals surface area contributed by atoms with E-state index in [2.05, 4.69) is 12.2 Å². The van der Waals surface area contributed by atoms with Gasteiger partial charge in [-0.2, -0.15) is 0 Å². The van der Waals surface area contributed by atoms with Crippen LogP contribution in [0.4, 0.5) is 0 Å². The molecule has 88 valence electrons. The second-order valence-electron chi connectivity index (χ2n) is 5.46. The number of hydrogen-bond donors (Lipinski definition) is 1. The molecule has 0 bridgehead atoms. The Kier molecular flexibility index (Phi) is 4.04. The normalized spacial score (nSPS) is 41.2. The molecule has 2 nitrogen and oxygen atoms in total. The molecule has 0 radical (unpaired) electrons. The number of hydrogen-bond acceptors (Lipinski definition) is 2. The Bertz CT molecular complexity index is 189. The van der Waals surface area contributed by atoms with Gasteiger partial charge in [0.1, 0.15) is 0 Å². The lowest BCUT2D eigenvalue weighted by Gasteiger charge is -2.37. The van der Waals surface area contributed by atoms with E-state index in [-0.39, 0.29) is 0 Å². The third kappa shape index (κ3) is 2.94. The first-order valence-electron chi connectivity index (χ1n) is 6.55. The van der Waals surface area contributed by atoms with Crippen LogP contribution in [0.5, 0.6) is 0 Å². The Balaban J connectivity index is 1.61. The van der Waals surface area contributed by atoms with Crippen LogP contribution in [-0.4, -0.2) is 25.8 Å². The van der Waals surface area contributed by atoms with E-state index in [1.807, 2.05) is 7.11 Å². The van der Waals surface area contributed by atoms with Crippen LogP contribution in [0.1, 0.15) is 45.4 Å². The molecule has 2 rings (SSSR count). The summed E-state index contributed by atoms with van der Waals surface area (Å²) in [5.41, 5.74) is 0. The first kappa shape index (κ1) is 11.4. The quantitative estimate of drug-likeness (QED) is 0.771. The van der Waals surface area contributed by atoms with Crippen molar-refractivity contribution in [2.75, 3.05) is 13.7 Å². The third-order valence-corrected chi connectivity index (χ3v) is 4.39. The van der Waals surface area contributed by atoms with Gasteiger partial charge in [-0.05, 0) is 37.6 Å². The van der Waals surface area contributed by atoms with E-state index in [9.17, 15) is 0 Å². The summed E-state index contributed by atoms with van der Waals surface area (Å²) in [6, 6.07) is 0.740. The first-order chi connectivity index (χ1) is 7.29. The molecule has 2 heteroatoms. The van der Waals surface area contributed by atoms with E-state index in [0.717, 1.165) is 17.9 Å². The highest BCUT2D eigenvalue weighted by Crippen LogP contribution is 2.30. The lowest BCUT2D eigenvalue weighted by atomic mass is 9.80. The summed E-state index contributed by atoms with van der Waals surface area (Å²) in [4.78, 5) is 0. The van der Waals surface area contributed by atoms with Crippen LogP contribution in [0.2, 0.25) is 0 Å². The molecule has 2 unspecified atom stereocenters. The van der Waals surface area contributed by atoms with Gasteiger partial charge < -0.3 is 10.1 Å². The summed E-state index contributed by atoms with van der Waals surface area (Å²) in [7, 11) is 1.82. The van der Waals surface area contributed by atoms with Crippen LogP contribution in [-0.2, 0) is 4.74 Å². The maximum Gasteiger partial charge on any atom is 0.0601 e. The van der Waals surface area contributed by atoms with Crippen LogP contribution in [0.25, 0.3) is 0 Å². The summed E-state index contributed by atoms with van der Waals surface area (Å²) in [6.45, 7) is 3.66. The SMILES string of the molecule is COC1CC(NCC2CCCCC2C)C1. The molecule has 0 aromatic heterocycles. The number of ether oxygens (including phenoxy) is 1. The Morgan fingerprint density at radius 3 is 2.60 bits per heavy atom. The second-order valence-corrected chi connectivity index (χ2v) is 5.46. The van der Waals surface area contributed by atoms with Crippen molar-refractivity contribution in [1.82, 2.24) is 5.32 Å². The average molecular weight is 211 g/mol. The fourth-order valence-electron chi connectivity index (χ4n) is 2.94. The van der Waals surface area contributed by atoms with Gasteiger partial charge >= 0.3 is 0 Å². The van der Waals surface area contributed by atoms with Crippen molar-refractivity contribution in [3.63, 3.8) is 0 Å². The fraction of sp³-hybridized carbons (Fsp3) is 1.00. The average Bonchev–Trinajstić information content (AvgIpc) is 2.18. The maximum atomic E-state index is 5.29. The molecule has 0 heterocycles. The van der Waals surface area contributed by atoms with Crippen LogP contribution in [0, 0.1) is 11.8 Å². The molecule has 1 N–H and O–H groups in total. The molecule has 0 amide bonds. The van der Waals surface area contributed by atoms with E-state index in [1.54, 1.807) is 0 Å². The molecule has 0 saturated heterocycles. The zero-order valence-corrected chi connectivity index (χ0v) is 10.2. The highest BCUT2D eigenvalue weighted by molar-refractivity contribution is 4.87. The van der Waals surface area contributed by atoms with Gasteiger partial charge in [0.25, 0.3) is 0 Å². The molecule has 2 aliphatic rings. The largest absolute Gasteiger partial charge is 0.381 e. The van der Waals surface area contributed by atoms with Crippen LogP contribution in [0.15, 0.2) is 0 Å². The first-order valence-corrected chi connectivity index (χ1v) is 6.55. The van der Waals surface area contributed by atoms with Crippen molar-refractivity contribution in [1.29, 1.82) is 0 Å². The molecule has 2 atom stereocenters. The monoisotopic (exact) mass is 211 g/mol. The summed E-state index contributed by atoms with van der Waals surface area (Å²) in [5, 5.41) is 3.70. The highest BCUT2D eigenvalue weighted by Gasteiger charge is 2.30. The molecule has 15 heavy (non-hydrogen) atoms. The topological polar surface area (TPSA) is 21.3 Å². The van der Waals surface area contributed by atoms with E-state index >= 15 is 0 Å². The van der Waals surface area contributed by atoms with E-state index in [1.165, 1.54) is 45.1 Å². The minimum Gasteiger partial charge on any atom is -0.381 e. The number of methoxy groups -OCH3 is 1. The predicted molar refractivity (Wildman–Crippen MR) is 62.9 cm³/mol. The smallest absolute Gasteiger partial charge is 0.0601 e. The van der Waals surface area contributed by atoms with E-state index in [4.69, 9.17) is 4.74 Å². The molecule has 0 aromatic rings. The van der Waals surface area contributed by atoms with Crippen LogP contribution in [0.3, 0.4) is 0 Å². The molecule has 2 saturated carbocycles. The number of rotatable bonds is 4. The minimum absolute atomic E-state index is 0.534. The molecule has 0 spiro atoms. The number of nitrogens with one attached hydrogen (secondary N) is 1.